The molecule has 3 atom stereocenters. The molecule has 2 nitrogen and oxygen atoms in total. The van der Waals surface area contributed by atoms with Crippen molar-refractivity contribution in [1.29, 1.82) is 0 Å². The van der Waals surface area contributed by atoms with Gasteiger partial charge in [-0.2, -0.15) is 0 Å². The van der Waals surface area contributed by atoms with Crippen molar-refractivity contribution < 1.29 is 10.2 Å². The standard InChI is InChI=1S/C7H13IO2/c8-6-2-1-5(4-9)3-7(6)10/h5-7,9-10H,1-4H2/t5-,6-,7-/m0/s1. The van der Waals surface area contributed by atoms with Crippen molar-refractivity contribution in [3.8, 4) is 0 Å². The minimum absolute atomic E-state index is 0.188. The quantitative estimate of drug-likeness (QED) is 0.541. The fourth-order valence-electron chi connectivity index (χ4n) is 1.36. The fraction of sp³-hybridized carbons (Fsp3) is 1.00. The molecule has 10 heavy (non-hydrogen) atoms. The normalized spacial score (nSPS) is 41.7. The summed E-state index contributed by atoms with van der Waals surface area (Å²) in [4.78, 5) is 0. The minimum atomic E-state index is -0.188. The van der Waals surface area contributed by atoms with Crippen molar-refractivity contribution in [2.45, 2.75) is 29.3 Å². The van der Waals surface area contributed by atoms with Gasteiger partial charge in [0.1, 0.15) is 0 Å². The number of alkyl halides is 1. The van der Waals surface area contributed by atoms with Gasteiger partial charge >= 0.3 is 0 Å². The molecular weight excluding hydrogens is 243 g/mol. The molecule has 0 amide bonds. The van der Waals surface area contributed by atoms with E-state index in [9.17, 15) is 5.11 Å². The first-order valence-electron chi connectivity index (χ1n) is 3.67. The molecule has 0 saturated heterocycles. The van der Waals surface area contributed by atoms with Gasteiger partial charge in [-0.25, -0.2) is 0 Å². The molecule has 1 rings (SSSR count). The average molecular weight is 256 g/mol. The Morgan fingerprint density at radius 2 is 2.10 bits per heavy atom. The highest BCUT2D eigenvalue weighted by molar-refractivity contribution is 14.1. The van der Waals surface area contributed by atoms with Crippen molar-refractivity contribution in [2.75, 3.05) is 6.61 Å². The van der Waals surface area contributed by atoms with Crippen molar-refractivity contribution >= 4 is 22.6 Å². The number of halogens is 1. The van der Waals surface area contributed by atoms with Crippen molar-refractivity contribution in [2.24, 2.45) is 5.92 Å². The highest BCUT2D eigenvalue weighted by Gasteiger charge is 2.26. The van der Waals surface area contributed by atoms with Gasteiger partial charge in [-0.1, -0.05) is 22.6 Å². The highest BCUT2D eigenvalue weighted by Crippen LogP contribution is 2.28. The maximum atomic E-state index is 9.36. The fourth-order valence-corrected chi connectivity index (χ4v) is 2.01. The van der Waals surface area contributed by atoms with Gasteiger partial charge in [0.05, 0.1) is 6.10 Å². The molecule has 3 heteroatoms. The lowest BCUT2D eigenvalue weighted by Gasteiger charge is -2.28. The smallest absolute Gasteiger partial charge is 0.0661 e. The maximum Gasteiger partial charge on any atom is 0.0661 e. The Bertz CT molecular complexity index is 108. The van der Waals surface area contributed by atoms with Gasteiger partial charge < -0.3 is 10.2 Å². The molecule has 2 N–H and O–H groups in total. The summed E-state index contributed by atoms with van der Waals surface area (Å²) in [6.45, 7) is 0.237. The molecule has 0 aromatic carbocycles. The lowest BCUT2D eigenvalue weighted by atomic mass is 9.88. The van der Waals surface area contributed by atoms with Crippen LogP contribution in [0.15, 0.2) is 0 Å². The number of hydrogen-bond donors (Lipinski definition) is 2. The van der Waals surface area contributed by atoms with E-state index in [1.54, 1.807) is 0 Å². The zero-order valence-corrected chi connectivity index (χ0v) is 7.99. The SMILES string of the molecule is OC[C@H]1CC[C@H](I)[C@@H](O)C1. The van der Waals surface area contributed by atoms with Crippen molar-refractivity contribution in [1.82, 2.24) is 0 Å². The topological polar surface area (TPSA) is 40.5 Å². The predicted octanol–water partition coefficient (Wildman–Crippen LogP) is 0.943. The van der Waals surface area contributed by atoms with Crippen LogP contribution in [0.25, 0.3) is 0 Å². The Balaban J connectivity index is 2.33. The van der Waals surface area contributed by atoms with Crippen LogP contribution >= 0.6 is 22.6 Å². The summed E-state index contributed by atoms with van der Waals surface area (Å²) in [5.74, 6) is 0.348. The number of aliphatic hydroxyl groups excluding tert-OH is 2. The third-order valence-corrected chi connectivity index (χ3v) is 3.55. The molecular formula is C7H13IO2. The first kappa shape index (κ1) is 8.74. The van der Waals surface area contributed by atoms with Crippen LogP contribution in [0.2, 0.25) is 0 Å². The number of rotatable bonds is 1. The molecule has 0 bridgehead atoms. The van der Waals surface area contributed by atoms with E-state index in [0.29, 0.717) is 9.84 Å². The molecule has 1 aliphatic rings. The van der Waals surface area contributed by atoms with E-state index in [1.165, 1.54) is 0 Å². The predicted molar refractivity (Wildman–Crippen MR) is 48.2 cm³/mol. The van der Waals surface area contributed by atoms with E-state index in [0.717, 1.165) is 19.3 Å². The zero-order chi connectivity index (χ0) is 7.56. The van der Waals surface area contributed by atoms with Crippen molar-refractivity contribution in [3.63, 3.8) is 0 Å². The highest BCUT2D eigenvalue weighted by atomic mass is 127. The van der Waals surface area contributed by atoms with Crippen LogP contribution in [0.5, 0.6) is 0 Å². The molecule has 0 heterocycles. The van der Waals surface area contributed by atoms with E-state index >= 15 is 0 Å². The lowest BCUT2D eigenvalue weighted by molar-refractivity contribution is 0.0849. The zero-order valence-electron chi connectivity index (χ0n) is 5.83. The molecule has 60 valence electrons. The summed E-state index contributed by atoms with van der Waals surface area (Å²) < 4.78 is 0.403. The Kier molecular flexibility index (Phi) is 3.39. The first-order valence-corrected chi connectivity index (χ1v) is 4.91. The van der Waals surface area contributed by atoms with Gasteiger partial charge in [-0.3, -0.25) is 0 Å². The molecule has 0 aromatic rings. The summed E-state index contributed by atoms with van der Waals surface area (Å²) in [6, 6.07) is 0. The maximum absolute atomic E-state index is 9.36. The number of aliphatic hydroxyl groups is 2. The van der Waals surface area contributed by atoms with Gasteiger partial charge in [-0.05, 0) is 25.2 Å². The third kappa shape index (κ3) is 2.07. The molecule has 1 fully saturated rings. The number of hydrogen-bond acceptors (Lipinski definition) is 2. The van der Waals surface area contributed by atoms with E-state index in [1.807, 2.05) is 0 Å². The molecule has 1 saturated carbocycles. The Labute approximate surface area is 74.8 Å². The summed E-state index contributed by atoms with van der Waals surface area (Å²) in [7, 11) is 0. The largest absolute Gasteiger partial charge is 0.396 e. The van der Waals surface area contributed by atoms with Crippen LogP contribution in [-0.4, -0.2) is 26.8 Å². The molecule has 0 unspecified atom stereocenters. The molecule has 0 spiro atoms. The van der Waals surface area contributed by atoms with Gasteiger partial charge in [0.15, 0.2) is 0 Å². The molecule has 1 aliphatic carbocycles. The van der Waals surface area contributed by atoms with Crippen LogP contribution in [0.4, 0.5) is 0 Å². The second-order valence-corrected chi connectivity index (χ2v) is 4.54. The van der Waals surface area contributed by atoms with E-state index < -0.39 is 0 Å². The van der Waals surface area contributed by atoms with Gasteiger partial charge in [0, 0.05) is 10.5 Å². The second-order valence-electron chi connectivity index (χ2n) is 2.94. The van der Waals surface area contributed by atoms with E-state index in [2.05, 4.69) is 22.6 Å². The molecule has 0 aromatic heterocycles. The van der Waals surface area contributed by atoms with Crippen LogP contribution in [0.1, 0.15) is 19.3 Å². The third-order valence-electron chi connectivity index (χ3n) is 2.10. The van der Waals surface area contributed by atoms with E-state index in [4.69, 9.17) is 5.11 Å². The van der Waals surface area contributed by atoms with Gasteiger partial charge in [-0.15, -0.1) is 0 Å². The van der Waals surface area contributed by atoms with E-state index in [-0.39, 0.29) is 12.7 Å². The van der Waals surface area contributed by atoms with Gasteiger partial charge in [0.25, 0.3) is 0 Å². The van der Waals surface area contributed by atoms with Crippen LogP contribution in [-0.2, 0) is 0 Å². The Morgan fingerprint density at radius 3 is 2.60 bits per heavy atom. The summed E-state index contributed by atoms with van der Waals surface area (Å²) in [5.41, 5.74) is 0. The van der Waals surface area contributed by atoms with Crippen LogP contribution in [0, 0.1) is 5.92 Å². The average Bonchev–Trinajstić information content (AvgIpc) is 1.95. The summed E-state index contributed by atoms with van der Waals surface area (Å²) in [5, 5.41) is 18.1. The molecule has 0 radical (unpaired) electrons. The molecule has 0 aliphatic heterocycles. The van der Waals surface area contributed by atoms with Gasteiger partial charge in [0.2, 0.25) is 0 Å². The monoisotopic (exact) mass is 256 g/mol. The second kappa shape index (κ2) is 3.88. The lowest BCUT2D eigenvalue weighted by Crippen LogP contribution is -2.30. The van der Waals surface area contributed by atoms with Crippen LogP contribution in [0.3, 0.4) is 0 Å². The Morgan fingerprint density at radius 1 is 1.40 bits per heavy atom. The Hall–Kier alpha value is 0.650. The summed E-state index contributed by atoms with van der Waals surface area (Å²) in [6.07, 6.45) is 2.71. The van der Waals surface area contributed by atoms with Crippen LogP contribution < -0.4 is 0 Å². The first-order chi connectivity index (χ1) is 4.74. The minimum Gasteiger partial charge on any atom is -0.396 e. The van der Waals surface area contributed by atoms with Crippen molar-refractivity contribution in [3.05, 3.63) is 0 Å². The summed E-state index contributed by atoms with van der Waals surface area (Å²) >= 11 is 2.28.